The van der Waals surface area contributed by atoms with Gasteiger partial charge in [-0.3, -0.25) is 0 Å². The van der Waals surface area contributed by atoms with Crippen LogP contribution in [-0.2, 0) is 32.2 Å². The molecule has 2 aromatic heterocycles. The molecule has 2 heterocycles. The maximum absolute atomic E-state index is 8.13. The van der Waals surface area contributed by atoms with Crippen molar-refractivity contribution in [1.29, 1.82) is 0 Å². The van der Waals surface area contributed by atoms with Gasteiger partial charge in [-0.2, -0.15) is 9.97 Å². The van der Waals surface area contributed by atoms with E-state index in [-0.39, 0.29) is 5.95 Å². The molecule has 0 saturated heterocycles. The molecule has 3 aromatic rings. The molecule has 182 valence electrons. The Kier molecular flexibility index (Phi) is 10.8. The molecule has 3 N–H and O–H groups in total. The maximum Gasteiger partial charge on any atom is 0.245 e. The first-order valence-corrected chi connectivity index (χ1v) is 10.8. The summed E-state index contributed by atoms with van der Waals surface area (Å²) in [5.41, 5.74) is 16.9. The van der Waals surface area contributed by atoms with Gasteiger partial charge in [0.2, 0.25) is 11.8 Å². The highest BCUT2D eigenvalue weighted by Gasteiger charge is 2.10. The summed E-state index contributed by atoms with van der Waals surface area (Å²) < 4.78 is 27.5. The fourth-order valence-corrected chi connectivity index (χ4v) is 2.81. The highest BCUT2D eigenvalue weighted by Crippen LogP contribution is 2.20. The molecule has 13 nitrogen and oxygen atoms in total. The average molecular weight is 473 g/mol. The Bertz CT molecular complexity index is 1040. The van der Waals surface area contributed by atoms with Crippen LogP contribution in [0.15, 0.2) is 35.7 Å². The Morgan fingerprint density at radius 3 is 2.15 bits per heavy atom. The number of H-pyrrole nitrogens is 1. The molecule has 0 atom stereocenters. The van der Waals surface area contributed by atoms with E-state index in [1.807, 2.05) is 24.3 Å². The minimum Gasteiger partial charge on any atom is -0.471 e. The van der Waals surface area contributed by atoms with E-state index < -0.39 is 0 Å². The summed E-state index contributed by atoms with van der Waals surface area (Å²) in [7, 11) is 0. The lowest BCUT2D eigenvalue weighted by Crippen LogP contribution is -2.12. The van der Waals surface area contributed by atoms with Gasteiger partial charge in [-0.1, -0.05) is 29.4 Å². The van der Waals surface area contributed by atoms with E-state index in [0.29, 0.717) is 83.1 Å². The van der Waals surface area contributed by atoms with Gasteiger partial charge in [0.1, 0.15) is 12.1 Å². The van der Waals surface area contributed by atoms with Crippen LogP contribution >= 0.6 is 0 Å². The van der Waals surface area contributed by atoms with E-state index in [4.69, 9.17) is 34.9 Å². The van der Waals surface area contributed by atoms with Crippen LogP contribution in [0, 0.1) is 0 Å². The van der Waals surface area contributed by atoms with Crippen molar-refractivity contribution in [2.45, 2.75) is 13.2 Å². The third-order valence-electron chi connectivity index (χ3n) is 4.45. The number of ether oxygens (including phenoxy) is 5. The summed E-state index contributed by atoms with van der Waals surface area (Å²) in [6.45, 7) is 4.42. The molecule has 0 aliphatic rings. The Labute approximate surface area is 196 Å². The number of anilines is 1. The lowest BCUT2D eigenvalue weighted by atomic mass is 10.1. The van der Waals surface area contributed by atoms with Crippen molar-refractivity contribution in [2.75, 3.05) is 58.5 Å². The smallest absolute Gasteiger partial charge is 0.245 e. The molecule has 0 spiro atoms. The standard InChI is InChI=1S/C21H28N8O5/c22-21-27-19-18(24-15-25-19)20(28-21)34-14-17-3-1-16(2-4-17)13-33-12-11-32-10-9-31-8-7-30-6-5-26-29-23/h1-4,15H,5-14H2,(H3,22,24,25,27,28). The number of aromatic nitrogens is 4. The quantitative estimate of drug-likeness (QED) is 0.129. The van der Waals surface area contributed by atoms with Gasteiger partial charge in [-0.05, 0) is 16.7 Å². The zero-order valence-electron chi connectivity index (χ0n) is 18.8. The molecule has 0 aliphatic carbocycles. The van der Waals surface area contributed by atoms with Crippen LogP contribution in [0.2, 0.25) is 0 Å². The van der Waals surface area contributed by atoms with E-state index in [1.54, 1.807) is 0 Å². The van der Waals surface area contributed by atoms with Crippen LogP contribution in [0.3, 0.4) is 0 Å². The molecule has 34 heavy (non-hydrogen) atoms. The molecule has 0 radical (unpaired) electrons. The molecular weight excluding hydrogens is 444 g/mol. The van der Waals surface area contributed by atoms with Gasteiger partial charge < -0.3 is 34.4 Å². The van der Waals surface area contributed by atoms with Crippen LogP contribution in [0.1, 0.15) is 11.1 Å². The van der Waals surface area contributed by atoms with Gasteiger partial charge in [0.05, 0.1) is 59.2 Å². The number of aromatic amines is 1. The van der Waals surface area contributed by atoms with Gasteiger partial charge in [0, 0.05) is 11.5 Å². The molecule has 0 bridgehead atoms. The topological polar surface area (TPSA) is 175 Å². The Morgan fingerprint density at radius 2 is 1.47 bits per heavy atom. The molecule has 0 aliphatic heterocycles. The summed E-state index contributed by atoms with van der Waals surface area (Å²) in [5, 5.41) is 3.37. The van der Waals surface area contributed by atoms with E-state index in [0.717, 1.165) is 11.1 Å². The van der Waals surface area contributed by atoms with E-state index >= 15 is 0 Å². The van der Waals surface area contributed by atoms with Gasteiger partial charge in [-0.15, -0.1) is 0 Å². The van der Waals surface area contributed by atoms with Crippen LogP contribution in [0.25, 0.3) is 21.6 Å². The highest BCUT2D eigenvalue weighted by atomic mass is 16.6. The fraction of sp³-hybridized carbons (Fsp3) is 0.476. The van der Waals surface area contributed by atoms with Crippen LogP contribution in [0.5, 0.6) is 5.88 Å². The molecule has 0 fully saturated rings. The summed E-state index contributed by atoms with van der Waals surface area (Å²) in [5.74, 6) is 0.483. The van der Waals surface area contributed by atoms with Crippen molar-refractivity contribution in [1.82, 2.24) is 19.9 Å². The summed E-state index contributed by atoms with van der Waals surface area (Å²) in [6.07, 6.45) is 1.52. The molecule has 0 amide bonds. The Morgan fingerprint density at radius 1 is 0.853 bits per heavy atom. The molecule has 3 rings (SSSR count). The van der Waals surface area contributed by atoms with Crippen LogP contribution in [0.4, 0.5) is 5.95 Å². The van der Waals surface area contributed by atoms with E-state index in [1.165, 1.54) is 6.33 Å². The molecular formula is C21H28N8O5. The van der Waals surface area contributed by atoms with Crippen molar-refractivity contribution in [3.8, 4) is 5.88 Å². The number of nitrogen functional groups attached to an aromatic ring is 1. The van der Waals surface area contributed by atoms with Crippen molar-refractivity contribution >= 4 is 17.1 Å². The number of imidazole rings is 1. The van der Waals surface area contributed by atoms with E-state index in [9.17, 15) is 0 Å². The third-order valence-corrected chi connectivity index (χ3v) is 4.45. The van der Waals surface area contributed by atoms with Crippen LogP contribution in [-0.4, -0.2) is 72.7 Å². The number of hydrogen-bond donors (Lipinski definition) is 2. The predicted octanol–water partition coefficient (Wildman–Crippen LogP) is 2.39. The second kappa shape index (κ2) is 14.6. The zero-order chi connectivity index (χ0) is 23.8. The number of nitrogens with one attached hydrogen (secondary N) is 1. The molecule has 0 unspecified atom stereocenters. The highest BCUT2D eigenvalue weighted by molar-refractivity contribution is 5.76. The van der Waals surface area contributed by atoms with Crippen LogP contribution < -0.4 is 10.5 Å². The first-order valence-electron chi connectivity index (χ1n) is 10.8. The zero-order valence-corrected chi connectivity index (χ0v) is 18.8. The lowest BCUT2D eigenvalue weighted by Gasteiger charge is -2.09. The van der Waals surface area contributed by atoms with Crippen molar-refractivity contribution in [3.05, 3.63) is 52.2 Å². The van der Waals surface area contributed by atoms with Crippen molar-refractivity contribution in [3.63, 3.8) is 0 Å². The second-order valence-electron chi connectivity index (χ2n) is 6.94. The summed E-state index contributed by atoms with van der Waals surface area (Å²) in [6, 6.07) is 7.92. The monoisotopic (exact) mass is 472 g/mol. The summed E-state index contributed by atoms with van der Waals surface area (Å²) >= 11 is 0. The first-order chi connectivity index (χ1) is 16.8. The number of nitrogens with two attached hydrogens (primary N) is 1. The molecule has 13 heteroatoms. The number of rotatable bonds is 17. The van der Waals surface area contributed by atoms with Gasteiger partial charge in [-0.25, -0.2) is 4.98 Å². The second-order valence-corrected chi connectivity index (χ2v) is 6.94. The predicted molar refractivity (Wildman–Crippen MR) is 123 cm³/mol. The number of benzene rings is 1. The SMILES string of the molecule is [N-]=[N+]=NCCOCCOCCOCCOCc1ccc(COc2nc(N)nc3nc[nH]c23)cc1. The van der Waals surface area contributed by atoms with Gasteiger partial charge in [0.15, 0.2) is 5.65 Å². The number of fused-ring (bicyclic) bond motifs is 1. The van der Waals surface area contributed by atoms with E-state index in [2.05, 4.69) is 30.0 Å². The fourth-order valence-electron chi connectivity index (χ4n) is 2.81. The first kappa shape index (κ1) is 25.1. The van der Waals surface area contributed by atoms with Crippen molar-refractivity contribution < 1.29 is 23.7 Å². The van der Waals surface area contributed by atoms with Crippen molar-refractivity contribution in [2.24, 2.45) is 5.11 Å². The lowest BCUT2D eigenvalue weighted by molar-refractivity contribution is -0.00335. The largest absolute Gasteiger partial charge is 0.471 e. The normalized spacial score (nSPS) is 10.9. The molecule has 1 aromatic carbocycles. The Hall–Kier alpha value is -3.48. The maximum atomic E-state index is 8.13. The summed E-state index contributed by atoms with van der Waals surface area (Å²) in [4.78, 5) is 17.8. The van der Waals surface area contributed by atoms with Gasteiger partial charge >= 0.3 is 0 Å². The Balaban J connectivity index is 1.22. The third kappa shape index (κ3) is 8.81. The molecule has 0 saturated carbocycles. The van der Waals surface area contributed by atoms with Gasteiger partial charge in [0.25, 0.3) is 0 Å². The number of nitrogens with zero attached hydrogens (tertiary/aromatic N) is 6. The number of azide groups is 1. The minimum atomic E-state index is 0.114. The average Bonchev–Trinajstić information content (AvgIpc) is 3.32. The number of hydrogen-bond acceptors (Lipinski definition) is 10. The minimum absolute atomic E-state index is 0.114.